The third-order valence-corrected chi connectivity index (χ3v) is 5.16. The summed E-state index contributed by atoms with van der Waals surface area (Å²) in [7, 11) is 0. The van der Waals surface area contributed by atoms with Gasteiger partial charge in [0.05, 0.1) is 13.2 Å². The van der Waals surface area contributed by atoms with Crippen molar-refractivity contribution < 1.29 is 19.1 Å². The molecule has 0 aromatic heterocycles. The van der Waals surface area contributed by atoms with E-state index in [1.165, 1.54) is 0 Å². The van der Waals surface area contributed by atoms with Crippen LogP contribution in [0, 0.1) is 5.92 Å². The number of hydrogen-bond donors (Lipinski definition) is 2. The van der Waals surface area contributed by atoms with Crippen LogP contribution in [-0.4, -0.2) is 55.5 Å². The van der Waals surface area contributed by atoms with Crippen LogP contribution in [0.25, 0.3) is 0 Å². The summed E-state index contributed by atoms with van der Waals surface area (Å²) in [5, 5.41) is 5.67. The lowest BCUT2D eigenvalue weighted by molar-refractivity contribution is -0.0956. The van der Waals surface area contributed by atoms with Crippen molar-refractivity contribution >= 4 is 17.6 Å². The Balaban J connectivity index is 1.28. The van der Waals surface area contributed by atoms with Crippen LogP contribution in [0.1, 0.15) is 36.0 Å². The van der Waals surface area contributed by atoms with E-state index in [2.05, 4.69) is 10.6 Å². The topological polar surface area (TPSA) is 79.9 Å². The van der Waals surface area contributed by atoms with Gasteiger partial charge in [0.25, 0.3) is 5.91 Å². The second-order valence-corrected chi connectivity index (χ2v) is 7.19. The fourth-order valence-corrected chi connectivity index (χ4v) is 3.48. The van der Waals surface area contributed by atoms with Crippen LogP contribution in [0.5, 0.6) is 0 Å². The second-order valence-electron chi connectivity index (χ2n) is 7.19. The number of nitrogens with zero attached hydrogens (tertiary/aromatic N) is 1. The molecule has 0 radical (unpaired) electrons. The maximum absolute atomic E-state index is 12.7. The van der Waals surface area contributed by atoms with Crippen LogP contribution < -0.4 is 10.6 Å². The number of benzene rings is 1. The molecule has 0 bridgehead atoms. The molecule has 4 rings (SSSR count). The Morgan fingerprint density at radius 2 is 1.62 bits per heavy atom. The van der Waals surface area contributed by atoms with E-state index in [4.69, 9.17) is 9.47 Å². The van der Waals surface area contributed by atoms with Crippen molar-refractivity contribution in [3.05, 3.63) is 29.8 Å². The van der Waals surface area contributed by atoms with Crippen molar-refractivity contribution in [3.8, 4) is 0 Å². The number of amides is 3. The van der Waals surface area contributed by atoms with Crippen LogP contribution in [0.3, 0.4) is 0 Å². The van der Waals surface area contributed by atoms with Crippen molar-refractivity contribution in [1.29, 1.82) is 0 Å². The van der Waals surface area contributed by atoms with E-state index in [9.17, 15) is 9.59 Å². The first-order valence-electron chi connectivity index (χ1n) is 9.39. The van der Waals surface area contributed by atoms with Gasteiger partial charge in [-0.3, -0.25) is 4.79 Å². The monoisotopic (exact) mass is 359 g/mol. The van der Waals surface area contributed by atoms with E-state index < -0.39 is 0 Å². The Kier molecular flexibility index (Phi) is 5.08. The zero-order valence-corrected chi connectivity index (χ0v) is 14.8. The molecule has 7 nitrogen and oxygen atoms in total. The summed E-state index contributed by atoms with van der Waals surface area (Å²) in [6, 6.07) is 7.21. The van der Waals surface area contributed by atoms with E-state index in [-0.39, 0.29) is 18.2 Å². The third kappa shape index (κ3) is 4.16. The Labute approximate surface area is 153 Å². The summed E-state index contributed by atoms with van der Waals surface area (Å²) in [6.07, 6.45) is 3.81. The van der Waals surface area contributed by atoms with Gasteiger partial charge in [0.2, 0.25) is 0 Å². The van der Waals surface area contributed by atoms with Crippen LogP contribution >= 0.6 is 0 Å². The van der Waals surface area contributed by atoms with Gasteiger partial charge in [0.1, 0.15) is 0 Å². The van der Waals surface area contributed by atoms with E-state index in [0.29, 0.717) is 36.4 Å². The Morgan fingerprint density at radius 1 is 0.962 bits per heavy atom. The van der Waals surface area contributed by atoms with Gasteiger partial charge in [0.15, 0.2) is 6.29 Å². The summed E-state index contributed by atoms with van der Waals surface area (Å²) < 4.78 is 11.2. The number of likely N-dealkylation sites (tertiary alicyclic amines) is 1. The fourth-order valence-electron chi connectivity index (χ4n) is 3.48. The number of carbonyl (C=O) groups is 2. The van der Waals surface area contributed by atoms with E-state index >= 15 is 0 Å². The molecule has 1 aromatic carbocycles. The Bertz CT molecular complexity index is 645. The number of hydrogen-bond acceptors (Lipinski definition) is 4. The molecule has 2 saturated heterocycles. The zero-order chi connectivity index (χ0) is 17.9. The quantitative estimate of drug-likeness (QED) is 0.864. The van der Waals surface area contributed by atoms with Crippen molar-refractivity contribution in [1.82, 2.24) is 10.2 Å². The predicted octanol–water partition coefficient (Wildman–Crippen LogP) is 2.20. The molecule has 2 heterocycles. The predicted molar refractivity (Wildman–Crippen MR) is 95.9 cm³/mol. The molecule has 140 valence electrons. The molecule has 3 aliphatic rings. The summed E-state index contributed by atoms with van der Waals surface area (Å²) >= 11 is 0. The van der Waals surface area contributed by atoms with Gasteiger partial charge in [-0.1, -0.05) is 0 Å². The molecule has 7 heteroatoms. The SMILES string of the molecule is O=C(Nc1ccc(C(=O)N2CCC(C3OCCO3)CC2)cc1)NC1CC1. The van der Waals surface area contributed by atoms with Gasteiger partial charge >= 0.3 is 6.03 Å². The molecule has 0 unspecified atom stereocenters. The highest BCUT2D eigenvalue weighted by Crippen LogP contribution is 2.26. The molecular weight excluding hydrogens is 334 g/mol. The normalized spacial score (nSPS) is 21.6. The smallest absolute Gasteiger partial charge is 0.319 e. The van der Waals surface area contributed by atoms with Gasteiger partial charge in [-0.25, -0.2) is 4.79 Å². The van der Waals surface area contributed by atoms with Gasteiger partial charge in [-0.05, 0) is 49.9 Å². The molecule has 26 heavy (non-hydrogen) atoms. The second kappa shape index (κ2) is 7.63. The minimum atomic E-state index is -0.190. The van der Waals surface area contributed by atoms with E-state index in [1.54, 1.807) is 24.3 Å². The molecule has 1 saturated carbocycles. The molecule has 1 aromatic rings. The molecule has 3 fully saturated rings. The maximum Gasteiger partial charge on any atom is 0.319 e. The Morgan fingerprint density at radius 3 is 2.23 bits per heavy atom. The van der Waals surface area contributed by atoms with Gasteiger partial charge in [-0.2, -0.15) is 0 Å². The molecule has 2 N–H and O–H groups in total. The number of carbonyl (C=O) groups excluding carboxylic acids is 2. The average Bonchev–Trinajstić information content (AvgIpc) is 3.30. The van der Waals surface area contributed by atoms with Crippen LogP contribution in [-0.2, 0) is 9.47 Å². The van der Waals surface area contributed by atoms with E-state index in [0.717, 1.165) is 38.8 Å². The van der Waals surface area contributed by atoms with Gasteiger partial charge in [-0.15, -0.1) is 0 Å². The largest absolute Gasteiger partial charge is 0.350 e. The summed E-state index contributed by atoms with van der Waals surface area (Å²) in [5.74, 6) is 0.406. The van der Waals surface area contributed by atoms with Gasteiger partial charge < -0.3 is 25.0 Å². The molecule has 0 spiro atoms. The lowest BCUT2D eigenvalue weighted by Crippen LogP contribution is -2.41. The number of anilines is 1. The summed E-state index contributed by atoms with van der Waals surface area (Å²) in [4.78, 5) is 26.3. The number of rotatable bonds is 4. The van der Waals surface area contributed by atoms with Crippen molar-refractivity contribution in [3.63, 3.8) is 0 Å². The minimum Gasteiger partial charge on any atom is -0.350 e. The van der Waals surface area contributed by atoms with Crippen LogP contribution in [0.2, 0.25) is 0 Å². The van der Waals surface area contributed by atoms with E-state index in [1.807, 2.05) is 4.90 Å². The number of piperidine rings is 1. The first-order chi connectivity index (χ1) is 12.7. The van der Waals surface area contributed by atoms with Gasteiger partial charge in [0, 0.05) is 36.3 Å². The highest BCUT2D eigenvalue weighted by atomic mass is 16.7. The van der Waals surface area contributed by atoms with Crippen molar-refractivity contribution in [2.75, 3.05) is 31.6 Å². The molecular formula is C19H25N3O4. The Hall–Kier alpha value is -2.12. The zero-order valence-electron chi connectivity index (χ0n) is 14.8. The number of nitrogens with one attached hydrogen (secondary N) is 2. The highest BCUT2D eigenvalue weighted by Gasteiger charge is 2.32. The third-order valence-electron chi connectivity index (χ3n) is 5.16. The average molecular weight is 359 g/mol. The molecule has 0 atom stereocenters. The minimum absolute atomic E-state index is 0.0330. The standard InChI is InChI=1S/C19H25N3O4/c23-17(22-9-7-14(8-10-22)18-25-11-12-26-18)13-1-3-15(4-2-13)20-19(24)21-16-5-6-16/h1-4,14,16,18H,5-12H2,(H2,20,21,24). The van der Waals surface area contributed by atoms with Crippen LogP contribution in [0.15, 0.2) is 24.3 Å². The summed E-state index contributed by atoms with van der Waals surface area (Å²) in [5.41, 5.74) is 1.33. The highest BCUT2D eigenvalue weighted by molar-refractivity contribution is 5.95. The molecule has 3 amide bonds. The lowest BCUT2D eigenvalue weighted by Gasteiger charge is -2.33. The lowest BCUT2D eigenvalue weighted by atomic mass is 9.95. The maximum atomic E-state index is 12.7. The summed E-state index contributed by atoms with van der Waals surface area (Å²) in [6.45, 7) is 2.78. The molecule has 2 aliphatic heterocycles. The first-order valence-corrected chi connectivity index (χ1v) is 9.39. The molecule has 1 aliphatic carbocycles. The number of urea groups is 1. The fraction of sp³-hybridized carbons (Fsp3) is 0.579. The number of ether oxygens (including phenoxy) is 2. The first kappa shape index (κ1) is 17.3. The van der Waals surface area contributed by atoms with Crippen LogP contribution in [0.4, 0.5) is 10.5 Å². The van der Waals surface area contributed by atoms with Crippen molar-refractivity contribution in [2.45, 2.75) is 38.0 Å². The van der Waals surface area contributed by atoms with Crippen molar-refractivity contribution in [2.24, 2.45) is 5.92 Å².